The van der Waals surface area contributed by atoms with Crippen LogP contribution >= 0.6 is 0 Å². The summed E-state index contributed by atoms with van der Waals surface area (Å²) in [5.41, 5.74) is 1.37. The van der Waals surface area contributed by atoms with Crippen LogP contribution in [0, 0.1) is 23.7 Å². The molecule has 0 atom stereocenters. The van der Waals surface area contributed by atoms with Crippen molar-refractivity contribution in [3.8, 4) is 28.5 Å². The van der Waals surface area contributed by atoms with Gasteiger partial charge in [0.05, 0.1) is 23.9 Å². The summed E-state index contributed by atoms with van der Waals surface area (Å²) in [6.45, 7) is 3.74. The van der Waals surface area contributed by atoms with Crippen molar-refractivity contribution in [1.82, 2.24) is 29.4 Å². The third kappa shape index (κ3) is 3.86. The normalized spacial score (nSPS) is 12.3. The monoisotopic (exact) mass is 425 g/mol. The summed E-state index contributed by atoms with van der Waals surface area (Å²) in [5, 5.41) is 17.7. The minimum Gasteiger partial charge on any atom is -0.271 e. The SMILES string of the molecule is Cc1nc2cc(-c3nc(C#N)ccc3-c3cnn(CC(C)(C)C(F)(F)F)c3)ccn2n1. The Hall–Kier alpha value is -3.74. The van der Waals surface area contributed by atoms with E-state index in [0.717, 1.165) is 13.8 Å². The molecule has 0 aromatic carbocycles. The van der Waals surface area contributed by atoms with Crippen molar-refractivity contribution in [2.45, 2.75) is 33.5 Å². The third-order valence-electron chi connectivity index (χ3n) is 5.00. The molecule has 10 heteroatoms. The van der Waals surface area contributed by atoms with Crippen LogP contribution in [-0.2, 0) is 6.54 Å². The van der Waals surface area contributed by atoms with E-state index in [1.165, 1.54) is 10.9 Å². The first kappa shape index (κ1) is 20.5. The number of nitriles is 1. The molecular formula is C21H18F3N7. The van der Waals surface area contributed by atoms with E-state index in [9.17, 15) is 18.4 Å². The topological polar surface area (TPSA) is 84.7 Å². The summed E-state index contributed by atoms with van der Waals surface area (Å²) in [4.78, 5) is 8.79. The van der Waals surface area contributed by atoms with Crippen LogP contribution in [0.3, 0.4) is 0 Å². The molecule has 0 saturated carbocycles. The molecule has 0 amide bonds. The Morgan fingerprint density at radius 3 is 2.58 bits per heavy atom. The summed E-state index contributed by atoms with van der Waals surface area (Å²) in [6, 6.07) is 8.90. The second-order valence-electron chi connectivity index (χ2n) is 7.89. The van der Waals surface area contributed by atoms with Crippen LogP contribution in [0.4, 0.5) is 13.2 Å². The molecule has 31 heavy (non-hydrogen) atoms. The first-order valence-corrected chi connectivity index (χ1v) is 9.41. The highest BCUT2D eigenvalue weighted by atomic mass is 19.4. The van der Waals surface area contributed by atoms with E-state index in [2.05, 4.69) is 20.2 Å². The molecule has 0 aliphatic heterocycles. The maximum atomic E-state index is 13.3. The Balaban J connectivity index is 1.78. The van der Waals surface area contributed by atoms with E-state index in [0.29, 0.717) is 33.9 Å². The van der Waals surface area contributed by atoms with Crippen LogP contribution in [0.5, 0.6) is 0 Å². The summed E-state index contributed by atoms with van der Waals surface area (Å²) in [7, 11) is 0. The number of aromatic nitrogens is 6. The zero-order valence-electron chi connectivity index (χ0n) is 17.0. The Bertz CT molecular complexity index is 1310. The Labute approximate surface area is 175 Å². The van der Waals surface area contributed by atoms with Gasteiger partial charge in [-0.25, -0.2) is 14.5 Å². The van der Waals surface area contributed by atoms with E-state index in [1.807, 2.05) is 6.07 Å². The number of halogens is 3. The van der Waals surface area contributed by atoms with E-state index < -0.39 is 11.6 Å². The van der Waals surface area contributed by atoms with Gasteiger partial charge >= 0.3 is 6.18 Å². The summed E-state index contributed by atoms with van der Waals surface area (Å²) >= 11 is 0. The lowest BCUT2D eigenvalue weighted by atomic mass is 9.93. The van der Waals surface area contributed by atoms with Gasteiger partial charge in [-0.2, -0.15) is 28.6 Å². The van der Waals surface area contributed by atoms with Gasteiger partial charge in [0.25, 0.3) is 0 Å². The summed E-state index contributed by atoms with van der Waals surface area (Å²) in [6.07, 6.45) is 0.440. The number of fused-ring (bicyclic) bond motifs is 1. The number of nitrogens with zero attached hydrogens (tertiary/aromatic N) is 7. The fourth-order valence-electron chi connectivity index (χ4n) is 3.20. The quantitative estimate of drug-likeness (QED) is 0.483. The summed E-state index contributed by atoms with van der Waals surface area (Å²) < 4.78 is 42.7. The van der Waals surface area contributed by atoms with Gasteiger partial charge in [0, 0.05) is 29.1 Å². The molecule has 0 unspecified atom stereocenters. The third-order valence-corrected chi connectivity index (χ3v) is 5.00. The number of hydrogen-bond acceptors (Lipinski definition) is 5. The number of hydrogen-bond donors (Lipinski definition) is 0. The van der Waals surface area contributed by atoms with Crippen LogP contribution in [0.25, 0.3) is 28.0 Å². The van der Waals surface area contributed by atoms with E-state index in [4.69, 9.17) is 0 Å². The molecule has 4 rings (SSSR count). The highest BCUT2D eigenvalue weighted by Gasteiger charge is 2.47. The molecule has 0 N–H and O–H groups in total. The predicted molar refractivity (Wildman–Crippen MR) is 107 cm³/mol. The molecule has 7 nitrogen and oxygen atoms in total. The molecular weight excluding hydrogens is 407 g/mol. The van der Waals surface area contributed by atoms with Crippen molar-refractivity contribution >= 4 is 5.65 Å². The second kappa shape index (κ2) is 7.19. The minimum absolute atomic E-state index is 0.224. The van der Waals surface area contributed by atoms with Crippen LogP contribution in [-0.4, -0.2) is 35.5 Å². The smallest absolute Gasteiger partial charge is 0.271 e. The molecule has 158 valence electrons. The van der Waals surface area contributed by atoms with E-state index >= 15 is 0 Å². The van der Waals surface area contributed by atoms with Gasteiger partial charge in [0.1, 0.15) is 17.6 Å². The highest BCUT2D eigenvalue weighted by Crippen LogP contribution is 2.39. The molecule has 0 spiro atoms. The molecule has 0 bridgehead atoms. The molecule has 0 radical (unpaired) electrons. The van der Waals surface area contributed by atoms with Gasteiger partial charge in [-0.1, -0.05) is 0 Å². The van der Waals surface area contributed by atoms with Crippen molar-refractivity contribution in [3.05, 3.63) is 54.4 Å². The second-order valence-corrected chi connectivity index (χ2v) is 7.89. The maximum absolute atomic E-state index is 13.3. The minimum atomic E-state index is -4.36. The van der Waals surface area contributed by atoms with Crippen molar-refractivity contribution in [3.63, 3.8) is 0 Å². The lowest BCUT2D eigenvalue weighted by Gasteiger charge is -2.27. The van der Waals surface area contributed by atoms with E-state index in [1.54, 1.807) is 48.1 Å². The van der Waals surface area contributed by atoms with Crippen molar-refractivity contribution in [2.24, 2.45) is 5.41 Å². The van der Waals surface area contributed by atoms with Crippen LogP contribution in [0.15, 0.2) is 42.9 Å². The Kier molecular flexibility index (Phi) is 4.76. The van der Waals surface area contributed by atoms with Crippen molar-refractivity contribution in [2.75, 3.05) is 0 Å². The molecule has 4 aromatic rings. The number of rotatable bonds is 4. The lowest BCUT2D eigenvalue weighted by molar-refractivity contribution is -0.216. The fourth-order valence-corrected chi connectivity index (χ4v) is 3.20. The first-order chi connectivity index (χ1) is 14.6. The predicted octanol–water partition coefficient (Wildman–Crippen LogP) is 4.42. The van der Waals surface area contributed by atoms with Gasteiger partial charge in [-0.3, -0.25) is 4.68 Å². The van der Waals surface area contributed by atoms with Gasteiger partial charge in [0.15, 0.2) is 5.65 Å². The average molecular weight is 425 g/mol. The van der Waals surface area contributed by atoms with Crippen LogP contribution < -0.4 is 0 Å². The van der Waals surface area contributed by atoms with Gasteiger partial charge in [-0.05, 0) is 45.0 Å². The van der Waals surface area contributed by atoms with Gasteiger partial charge in [-0.15, -0.1) is 0 Å². The largest absolute Gasteiger partial charge is 0.395 e. The maximum Gasteiger partial charge on any atom is 0.395 e. The highest BCUT2D eigenvalue weighted by molar-refractivity contribution is 5.81. The van der Waals surface area contributed by atoms with Gasteiger partial charge < -0.3 is 0 Å². The number of aryl methyl sites for hydroxylation is 1. The molecule has 0 aliphatic carbocycles. The zero-order chi connectivity index (χ0) is 22.4. The molecule has 4 aromatic heterocycles. The Morgan fingerprint density at radius 1 is 1.10 bits per heavy atom. The van der Waals surface area contributed by atoms with Crippen LogP contribution in [0.2, 0.25) is 0 Å². The van der Waals surface area contributed by atoms with Crippen molar-refractivity contribution < 1.29 is 13.2 Å². The van der Waals surface area contributed by atoms with E-state index in [-0.39, 0.29) is 12.2 Å². The standard InChI is InChI=1S/C21H18F3N7/c1-13-27-18-8-14(6-7-31(18)29-13)19-17(5-4-16(9-25)28-19)15-10-26-30(11-15)12-20(2,3)21(22,23)24/h4-8,10-11H,12H2,1-3H3. The fraction of sp³-hybridized carbons (Fsp3) is 0.286. The summed E-state index contributed by atoms with van der Waals surface area (Å²) in [5.74, 6) is 0.615. The number of alkyl halides is 3. The molecule has 4 heterocycles. The van der Waals surface area contributed by atoms with Crippen LogP contribution in [0.1, 0.15) is 25.4 Å². The molecule has 0 aliphatic rings. The average Bonchev–Trinajstić information content (AvgIpc) is 3.30. The molecule has 0 saturated heterocycles. The Morgan fingerprint density at radius 2 is 1.87 bits per heavy atom. The first-order valence-electron chi connectivity index (χ1n) is 9.41. The zero-order valence-corrected chi connectivity index (χ0v) is 17.0. The van der Waals surface area contributed by atoms with Gasteiger partial charge in [0.2, 0.25) is 0 Å². The number of pyridine rings is 2. The van der Waals surface area contributed by atoms with Crippen molar-refractivity contribution in [1.29, 1.82) is 5.26 Å². The molecule has 0 fully saturated rings. The lowest BCUT2D eigenvalue weighted by Crippen LogP contribution is -2.36.